The molecule has 6 nitrogen and oxygen atoms in total. The fourth-order valence-corrected chi connectivity index (χ4v) is 3.83. The van der Waals surface area contributed by atoms with Crippen LogP contribution in [-0.4, -0.2) is 40.7 Å². The van der Waals surface area contributed by atoms with Gasteiger partial charge in [0.15, 0.2) is 5.43 Å². The maximum atomic E-state index is 12.6. The molecule has 1 aliphatic heterocycles. The molecule has 2 aliphatic rings. The van der Waals surface area contributed by atoms with Gasteiger partial charge in [-0.05, 0) is 17.1 Å². The minimum Gasteiger partial charge on any atom is -0.477 e. The van der Waals surface area contributed by atoms with Crippen LogP contribution in [0.1, 0.15) is 49.3 Å². The number of rotatable bonds is 3. The molecule has 29 heavy (non-hydrogen) atoms. The molecule has 0 fully saturated rings. The van der Waals surface area contributed by atoms with E-state index in [0.717, 1.165) is 0 Å². The summed E-state index contributed by atoms with van der Waals surface area (Å²) in [5.74, 6) is -1.15. The van der Waals surface area contributed by atoms with Crippen molar-refractivity contribution in [3.05, 3.63) is 63.3 Å². The average molecular weight is 406 g/mol. The van der Waals surface area contributed by atoms with Gasteiger partial charge in [-0.25, -0.2) is 4.79 Å². The Morgan fingerprint density at radius 1 is 1.34 bits per heavy atom. The summed E-state index contributed by atoms with van der Waals surface area (Å²) < 4.78 is 31.7. The molecule has 0 bridgehead atoms. The first-order chi connectivity index (χ1) is 13.5. The number of aromatic carboxylic acids is 1. The number of pyridine rings is 1. The molecule has 8 heteroatoms. The molecule has 1 aliphatic carbocycles. The van der Waals surface area contributed by atoms with Crippen molar-refractivity contribution in [3.63, 3.8) is 0 Å². The van der Waals surface area contributed by atoms with Gasteiger partial charge in [0.05, 0.1) is 17.4 Å². The molecule has 0 amide bonds. The van der Waals surface area contributed by atoms with E-state index in [1.807, 2.05) is 37.3 Å². The van der Waals surface area contributed by atoms with Crippen molar-refractivity contribution in [1.82, 2.24) is 9.47 Å². The number of carboxylic acid groups (broad SMARTS) is 1. The summed E-state index contributed by atoms with van der Waals surface area (Å²) >= 11 is 0. The molecule has 2 heterocycles. The summed E-state index contributed by atoms with van der Waals surface area (Å²) in [5, 5.41) is 9.40. The second kappa shape index (κ2) is 7.50. The normalized spacial score (nSPS) is 21.8. The van der Waals surface area contributed by atoms with Crippen LogP contribution in [-0.2, 0) is 4.74 Å². The fourth-order valence-electron chi connectivity index (χ4n) is 3.83. The minimum absolute atomic E-state index is 0.0922. The van der Waals surface area contributed by atoms with E-state index in [1.54, 1.807) is 12.2 Å². The van der Waals surface area contributed by atoms with Crippen molar-refractivity contribution in [2.24, 2.45) is 5.41 Å². The van der Waals surface area contributed by atoms with Crippen LogP contribution in [0.5, 0.6) is 0 Å². The summed E-state index contributed by atoms with van der Waals surface area (Å²) in [7, 11) is 1.87. The summed E-state index contributed by atoms with van der Waals surface area (Å²) in [6.07, 6.45) is 6.44. The van der Waals surface area contributed by atoms with E-state index in [9.17, 15) is 23.5 Å². The molecule has 0 saturated heterocycles. The van der Waals surface area contributed by atoms with Crippen molar-refractivity contribution in [2.75, 3.05) is 13.6 Å². The standard InChI is InChI=1S/C21H24F2N2O4/c1-21(2,3)17-11-24(4)18(12-6-5-7-13(8-12)29-20(22)23)15-9-16(26)14(19(27)28)10-25(15)17/h5-7,9-10,17,20H,8,11H2,1-4H3,(H,27,28)/b18-12-. The molecule has 0 radical (unpaired) electrons. The van der Waals surface area contributed by atoms with Crippen LogP contribution < -0.4 is 5.43 Å². The van der Waals surface area contributed by atoms with Crippen LogP contribution in [0.2, 0.25) is 0 Å². The average Bonchev–Trinajstić information content (AvgIpc) is 2.59. The number of alkyl halides is 2. The number of hydrogen-bond donors (Lipinski definition) is 1. The zero-order valence-electron chi connectivity index (χ0n) is 16.8. The molecular formula is C21H24F2N2O4. The van der Waals surface area contributed by atoms with Gasteiger partial charge in [0.1, 0.15) is 11.3 Å². The Bertz CT molecular complexity index is 983. The third kappa shape index (κ3) is 4.11. The Hall–Kier alpha value is -2.90. The van der Waals surface area contributed by atoms with Gasteiger partial charge in [-0.3, -0.25) is 4.79 Å². The molecule has 1 atom stereocenters. The molecule has 0 spiro atoms. The molecule has 1 unspecified atom stereocenters. The van der Waals surface area contributed by atoms with E-state index < -0.39 is 18.0 Å². The van der Waals surface area contributed by atoms with E-state index in [4.69, 9.17) is 0 Å². The van der Waals surface area contributed by atoms with Crippen LogP contribution in [0, 0.1) is 5.41 Å². The topological polar surface area (TPSA) is 71.8 Å². The lowest BCUT2D eigenvalue weighted by molar-refractivity contribution is -0.0974. The fraction of sp³-hybridized carbons (Fsp3) is 0.429. The second-order valence-electron chi connectivity index (χ2n) is 8.33. The highest BCUT2D eigenvalue weighted by atomic mass is 19.3. The molecule has 1 aromatic rings. The van der Waals surface area contributed by atoms with Crippen LogP contribution in [0.3, 0.4) is 0 Å². The number of ether oxygens (including phenoxy) is 1. The van der Waals surface area contributed by atoms with Crippen molar-refractivity contribution in [3.8, 4) is 0 Å². The number of allylic oxidation sites excluding steroid dienone is 4. The number of carboxylic acids is 1. The maximum absolute atomic E-state index is 12.6. The number of nitrogens with zero attached hydrogens (tertiary/aromatic N) is 2. The lowest BCUT2D eigenvalue weighted by Gasteiger charge is -2.44. The Balaban J connectivity index is 2.20. The van der Waals surface area contributed by atoms with E-state index in [-0.39, 0.29) is 29.2 Å². The van der Waals surface area contributed by atoms with Gasteiger partial charge in [0, 0.05) is 32.3 Å². The predicted molar refractivity (Wildman–Crippen MR) is 105 cm³/mol. The highest BCUT2D eigenvalue weighted by Gasteiger charge is 2.36. The maximum Gasteiger partial charge on any atom is 0.387 e. The lowest BCUT2D eigenvalue weighted by atomic mass is 9.83. The molecular weight excluding hydrogens is 382 g/mol. The smallest absolute Gasteiger partial charge is 0.387 e. The number of hydrogen-bond acceptors (Lipinski definition) is 4. The first-order valence-electron chi connectivity index (χ1n) is 9.25. The molecule has 0 saturated carbocycles. The van der Waals surface area contributed by atoms with E-state index in [2.05, 4.69) is 4.74 Å². The first-order valence-corrected chi connectivity index (χ1v) is 9.25. The van der Waals surface area contributed by atoms with Crippen molar-refractivity contribution < 1.29 is 23.4 Å². The molecule has 0 aromatic carbocycles. The summed E-state index contributed by atoms with van der Waals surface area (Å²) in [5.41, 5.74) is 0.873. The van der Waals surface area contributed by atoms with Crippen molar-refractivity contribution in [1.29, 1.82) is 0 Å². The van der Waals surface area contributed by atoms with Gasteiger partial charge < -0.3 is 19.3 Å². The van der Waals surface area contributed by atoms with Gasteiger partial charge in [-0.2, -0.15) is 8.78 Å². The molecule has 1 N–H and O–H groups in total. The van der Waals surface area contributed by atoms with Crippen LogP contribution in [0.4, 0.5) is 8.78 Å². The first kappa shape index (κ1) is 20.8. The Morgan fingerprint density at radius 3 is 2.62 bits per heavy atom. The van der Waals surface area contributed by atoms with Crippen LogP contribution >= 0.6 is 0 Å². The Labute approximate surface area is 167 Å². The third-order valence-electron chi connectivity index (χ3n) is 5.21. The number of aromatic nitrogens is 1. The Kier molecular flexibility index (Phi) is 5.38. The number of carbonyl (C=O) groups is 1. The van der Waals surface area contributed by atoms with E-state index in [0.29, 0.717) is 23.5 Å². The number of halogens is 2. The van der Waals surface area contributed by atoms with Gasteiger partial charge in [0.2, 0.25) is 0 Å². The molecule has 1 aromatic heterocycles. The lowest BCUT2D eigenvalue weighted by Crippen LogP contribution is -2.42. The quantitative estimate of drug-likeness (QED) is 0.825. The van der Waals surface area contributed by atoms with E-state index >= 15 is 0 Å². The van der Waals surface area contributed by atoms with Gasteiger partial charge in [-0.1, -0.05) is 32.9 Å². The summed E-state index contributed by atoms with van der Waals surface area (Å²) in [4.78, 5) is 25.9. The minimum atomic E-state index is -2.92. The number of fused-ring (bicyclic) bond motifs is 1. The largest absolute Gasteiger partial charge is 0.477 e. The Morgan fingerprint density at radius 2 is 2.03 bits per heavy atom. The summed E-state index contributed by atoms with van der Waals surface area (Å²) in [6, 6.07) is 1.23. The number of likely N-dealkylation sites (N-methyl/N-ethyl adjacent to an activating group) is 1. The zero-order valence-corrected chi connectivity index (χ0v) is 16.8. The van der Waals surface area contributed by atoms with E-state index in [1.165, 1.54) is 18.3 Å². The highest BCUT2D eigenvalue weighted by molar-refractivity contribution is 5.87. The monoisotopic (exact) mass is 406 g/mol. The molecule has 156 valence electrons. The van der Waals surface area contributed by atoms with Gasteiger partial charge in [0.25, 0.3) is 0 Å². The predicted octanol–water partition coefficient (Wildman–Crippen LogP) is 3.87. The van der Waals surface area contributed by atoms with Crippen LogP contribution in [0.25, 0.3) is 5.70 Å². The SMILES string of the molecule is CN1CC(C(C)(C)C)n2cc(C(=O)O)c(=O)cc2/C1=C1\C=CC=C(OC(F)F)C1. The molecule has 3 rings (SSSR count). The summed E-state index contributed by atoms with van der Waals surface area (Å²) in [6.45, 7) is 3.79. The van der Waals surface area contributed by atoms with Gasteiger partial charge >= 0.3 is 12.6 Å². The zero-order chi connectivity index (χ0) is 21.5. The third-order valence-corrected chi connectivity index (χ3v) is 5.21. The van der Waals surface area contributed by atoms with Crippen LogP contribution in [0.15, 0.2) is 46.6 Å². The van der Waals surface area contributed by atoms with Crippen molar-refractivity contribution >= 4 is 11.7 Å². The van der Waals surface area contributed by atoms with Gasteiger partial charge in [-0.15, -0.1) is 0 Å². The highest BCUT2D eigenvalue weighted by Crippen LogP contribution is 2.41. The van der Waals surface area contributed by atoms with Crippen molar-refractivity contribution in [2.45, 2.75) is 39.8 Å². The second-order valence-corrected chi connectivity index (χ2v) is 8.33.